The van der Waals surface area contributed by atoms with E-state index in [1.807, 2.05) is 16.8 Å². The lowest BCUT2D eigenvalue weighted by molar-refractivity contribution is 0.150. The van der Waals surface area contributed by atoms with E-state index in [4.69, 9.17) is 9.47 Å². The Morgan fingerprint density at radius 2 is 1.71 bits per heavy atom. The summed E-state index contributed by atoms with van der Waals surface area (Å²) in [6.45, 7) is 11.7. The molecule has 1 N–H and O–H groups in total. The minimum Gasteiger partial charge on any atom is -0.493 e. The first-order chi connectivity index (χ1) is 18.2. The number of fused-ring (bicyclic) bond motifs is 1. The molecule has 9 heteroatoms. The van der Waals surface area contributed by atoms with Gasteiger partial charge in [0.15, 0.2) is 17.3 Å². The summed E-state index contributed by atoms with van der Waals surface area (Å²) in [6, 6.07) is 14.0. The molecule has 0 aliphatic heterocycles. The van der Waals surface area contributed by atoms with Crippen molar-refractivity contribution in [1.29, 1.82) is 0 Å². The van der Waals surface area contributed by atoms with Crippen LogP contribution in [-0.4, -0.2) is 44.3 Å². The highest BCUT2D eigenvalue weighted by Gasteiger charge is 2.31. The fourth-order valence-corrected chi connectivity index (χ4v) is 4.71. The lowest BCUT2D eigenvalue weighted by Gasteiger charge is -2.33. The zero-order chi connectivity index (χ0) is 27.4. The van der Waals surface area contributed by atoms with Gasteiger partial charge in [0.1, 0.15) is 0 Å². The van der Waals surface area contributed by atoms with Gasteiger partial charge in [0.25, 0.3) is 5.56 Å². The van der Waals surface area contributed by atoms with Crippen molar-refractivity contribution in [2.45, 2.75) is 72.1 Å². The molecule has 9 nitrogen and oxygen atoms in total. The quantitative estimate of drug-likeness (QED) is 0.294. The van der Waals surface area contributed by atoms with Crippen LogP contribution in [0.1, 0.15) is 69.1 Å². The number of nitrogens with one attached hydrogen (secondary N) is 1. The normalized spacial score (nSPS) is 12.7. The maximum atomic E-state index is 13.3. The van der Waals surface area contributed by atoms with E-state index < -0.39 is 0 Å². The molecular weight excluding hydrogens is 480 g/mol. The lowest BCUT2D eigenvalue weighted by Crippen LogP contribution is -2.36. The molecule has 0 bridgehead atoms. The number of hydrogen-bond donors (Lipinski definition) is 1. The van der Waals surface area contributed by atoms with Gasteiger partial charge in [0, 0.05) is 30.1 Å². The summed E-state index contributed by atoms with van der Waals surface area (Å²) in [5.74, 6) is 1.98. The molecule has 0 radical (unpaired) electrons. The number of tetrazole rings is 1. The van der Waals surface area contributed by atoms with Crippen LogP contribution in [0.15, 0.2) is 47.3 Å². The van der Waals surface area contributed by atoms with Crippen LogP contribution in [0.5, 0.6) is 11.5 Å². The van der Waals surface area contributed by atoms with E-state index in [0.717, 1.165) is 29.6 Å². The highest BCUT2D eigenvalue weighted by Crippen LogP contribution is 2.33. The van der Waals surface area contributed by atoms with Crippen molar-refractivity contribution in [3.63, 3.8) is 0 Å². The molecule has 0 saturated carbocycles. The second-order valence-electron chi connectivity index (χ2n) is 10.3. The molecule has 1 unspecified atom stereocenters. The Balaban J connectivity index is 1.79. The number of aromatic nitrogens is 5. The molecule has 4 rings (SSSR count). The van der Waals surface area contributed by atoms with Crippen LogP contribution in [0.2, 0.25) is 0 Å². The summed E-state index contributed by atoms with van der Waals surface area (Å²) in [5.41, 5.74) is 3.34. The predicted octanol–water partition coefficient (Wildman–Crippen LogP) is 5.14. The number of methoxy groups -OCH3 is 2. The highest BCUT2D eigenvalue weighted by molar-refractivity contribution is 5.83. The average molecular weight is 519 g/mol. The van der Waals surface area contributed by atoms with Gasteiger partial charge in [-0.1, -0.05) is 43.7 Å². The zero-order valence-electron chi connectivity index (χ0n) is 23.4. The first kappa shape index (κ1) is 27.3. The van der Waals surface area contributed by atoms with Crippen LogP contribution in [0, 0.1) is 6.92 Å². The van der Waals surface area contributed by atoms with Crippen LogP contribution < -0.4 is 15.0 Å². The van der Waals surface area contributed by atoms with E-state index in [1.165, 1.54) is 5.56 Å². The third kappa shape index (κ3) is 5.57. The fourth-order valence-electron chi connectivity index (χ4n) is 4.71. The first-order valence-corrected chi connectivity index (χ1v) is 13.1. The molecule has 2 aromatic heterocycles. The van der Waals surface area contributed by atoms with Crippen LogP contribution in [0.4, 0.5) is 0 Å². The van der Waals surface area contributed by atoms with E-state index in [2.05, 4.69) is 84.3 Å². The largest absolute Gasteiger partial charge is 0.493 e. The number of ether oxygens (including phenoxy) is 2. The minimum absolute atomic E-state index is 0.0994. The molecule has 202 valence electrons. The molecule has 0 aliphatic rings. The molecule has 4 aromatic rings. The topological polar surface area (TPSA) is 98.2 Å². The van der Waals surface area contributed by atoms with Gasteiger partial charge in [-0.15, -0.1) is 5.10 Å². The third-order valence-corrected chi connectivity index (χ3v) is 7.36. The SMILES string of the molecule is CCC(c1nnnn1C(C)(C)CC)N(Cc1ccc(C)cc1)Cc1cc2cc(OC)c(OC)cc2[nH]c1=O. The summed E-state index contributed by atoms with van der Waals surface area (Å²) >= 11 is 0. The first-order valence-electron chi connectivity index (χ1n) is 13.1. The lowest BCUT2D eigenvalue weighted by atomic mass is 10.0. The molecular formula is C29H38N6O3. The number of benzene rings is 2. The summed E-state index contributed by atoms with van der Waals surface area (Å²) in [4.78, 5) is 18.6. The Bertz CT molecular complexity index is 1440. The van der Waals surface area contributed by atoms with E-state index in [1.54, 1.807) is 20.3 Å². The van der Waals surface area contributed by atoms with Gasteiger partial charge in [-0.2, -0.15) is 0 Å². The Labute approximate surface area is 223 Å². The highest BCUT2D eigenvalue weighted by atomic mass is 16.5. The number of nitrogens with zero attached hydrogens (tertiary/aromatic N) is 5. The molecule has 2 aromatic carbocycles. The number of H-pyrrole nitrogens is 1. The van der Waals surface area contributed by atoms with Crippen molar-refractivity contribution in [2.24, 2.45) is 0 Å². The van der Waals surface area contributed by atoms with Crippen LogP contribution >= 0.6 is 0 Å². The van der Waals surface area contributed by atoms with Crippen LogP contribution in [0.25, 0.3) is 10.9 Å². The molecule has 0 saturated heterocycles. The van der Waals surface area contributed by atoms with Gasteiger partial charge >= 0.3 is 0 Å². The van der Waals surface area contributed by atoms with E-state index in [0.29, 0.717) is 35.7 Å². The second kappa shape index (κ2) is 11.3. The third-order valence-electron chi connectivity index (χ3n) is 7.36. The van der Waals surface area contributed by atoms with E-state index in [-0.39, 0.29) is 17.1 Å². The van der Waals surface area contributed by atoms with Gasteiger partial charge in [0.05, 0.1) is 31.3 Å². The van der Waals surface area contributed by atoms with Crippen molar-refractivity contribution in [3.8, 4) is 11.5 Å². The van der Waals surface area contributed by atoms with Gasteiger partial charge in [0.2, 0.25) is 0 Å². The molecule has 2 heterocycles. The van der Waals surface area contributed by atoms with Gasteiger partial charge in [-0.25, -0.2) is 4.68 Å². The predicted molar refractivity (Wildman–Crippen MR) is 149 cm³/mol. The van der Waals surface area contributed by atoms with Crippen molar-refractivity contribution in [2.75, 3.05) is 14.2 Å². The standard InChI is InChI=1S/C29H38N6O3/c1-8-24(27-31-32-33-35(27)29(4,5)9-2)34(17-20-12-10-19(3)11-13-20)18-22-14-21-15-25(37-6)26(38-7)16-23(21)30-28(22)36/h10-16,24H,8-9,17-18H2,1-7H3,(H,30,36). The Hall–Kier alpha value is -3.72. The van der Waals surface area contributed by atoms with Crippen molar-refractivity contribution >= 4 is 10.9 Å². The smallest absolute Gasteiger partial charge is 0.252 e. The van der Waals surface area contributed by atoms with E-state index in [9.17, 15) is 4.79 Å². The fraction of sp³-hybridized carbons (Fsp3) is 0.448. The summed E-state index contributed by atoms with van der Waals surface area (Å²) in [7, 11) is 3.19. The number of hydrogen-bond acceptors (Lipinski definition) is 7. The molecule has 1 atom stereocenters. The second-order valence-corrected chi connectivity index (χ2v) is 10.3. The maximum Gasteiger partial charge on any atom is 0.252 e. The summed E-state index contributed by atoms with van der Waals surface area (Å²) in [6.07, 6.45) is 1.66. The summed E-state index contributed by atoms with van der Waals surface area (Å²) in [5, 5.41) is 13.8. The van der Waals surface area contributed by atoms with Crippen molar-refractivity contribution in [1.82, 2.24) is 30.1 Å². The Morgan fingerprint density at radius 1 is 1.03 bits per heavy atom. The Morgan fingerprint density at radius 3 is 2.34 bits per heavy atom. The monoisotopic (exact) mass is 518 g/mol. The zero-order valence-corrected chi connectivity index (χ0v) is 23.4. The molecule has 0 aliphatic carbocycles. The van der Waals surface area contributed by atoms with Crippen molar-refractivity contribution in [3.05, 3.63) is 75.3 Å². The van der Waals surface area contributed by atoms with Gasteiger partial charge < -0.3 is 14.5 Å². The van der Waals surface area contributed by atoms with Gasteiger partial charge in [-0.05, 0) is 61.7 Å². The summed E-state index contributed by atoms with van der Waals surface area (Å²) < 4.78 is 12.8. The Kier molecular flexibility index (Phi) is 8.16. The van der Waals surface area contributed by atoms with Crippen LogP contribution in [-0.2, 0) is 18.6 Å². The number of pyridine rings is 1. The van der Waals surface area contributed by atoms with Gasteiger partial charge in [-0.3, -0.25) is 9.69 Å². The number of aromatic amines is 1. The van der Waals surface area contributed by atoms with Crippen LogP contribution in [0.3, 0.4) is 0 Å². The minimum atomic E-state index is -0.238. The molecule has 38 heavy (non-hydrogen) atoms. The molecule has 0 spiro atoms. The maximum absolute atomic E-state index is 13.3. The van der Waals surface area contributed by atoms with E-state index >= 15 is 0 Å². The number of aryl methyl sites for hydroxylation is 1. The average Bonchev–Trinajstić information content (AvgIpc) is 3.40. The van der Waals surface area contributed by atoms with Crippen molar-refractivity contribution < 1.29 is 9.47 Å². The molecule has 0 amide bonds. The molecule has 0 fully saturated rings. The number of rotatable bonds is 11.